The highest BCUT2D eigenvalue weighted by Gasteiger charge is 2.00. The van der Waals surface area contributed by atoms with E-state index in [1.165, 1.54) is 4.80 Å². The molecule has 0 aliphatic carbocycles. The van der Waals surface area contributed by atoms with Gasteiger partial charge in [0.05, 0.1) is 5.69 Å². The van der Waals surface area contributed by atoms with Gasteiger partial charge in [0.1, 0.15) is 5.75 Å². The van der Waals surface area contributed by atoms with Gasteiger partial charge in [0, 0.05) is 6.07 Å². The molecule has 66 valence electrons. The molecule has 5 heteroatoms. The number of rotatable bonds is 1. The number of tetrazole rings is 1. The summed E-state index contributed by atoms with van der Waals surface area (Å²) >= 11 is 0. The van der Waals surface area contributed by atoms with Crippen molar-refractivity contribution in [3.8, 4) is 11.4 Å². The highest BCUT2D eigenvalue weighted by Crippen LogP contribution is 2.12. The molecule has 13 heavy (non-hydrogen) atoms. The molecule has 0 amide bonds. The molecule has 1 aromatic heterocycles. The molecular formula is C8H8N4O. The Bertz CT molecular complexity index is 424. The zero-order valence-electron chi connectivity index (χ0n) is 7.05. The maximum atomic E-state index is 9.19. The van der Waals surface area contributed by atoms with Crippen LogP contribution >= 0.6 is 0 Å². The van der Waals surface area contributed by atoms with Crippen LogP contribution in [0, 0.1) is 6.92 Å². The Morgan fingerprint density at radius 2 is 2.23 bits per heavy atom. The summed E-state index contributed by atoms with van der Waals surface area (Å²) in [6.07, 6.45) is 0. The van der Waals surface area contributed by atoms with Crippen LogP contribution in [0.5, 0.6) is 5.75 Å². The molecular weight excluding hydrogens is 168 g/mol. The summed E-state index contributed by atoms with van der Waals surface area (Å²) in [5, 5.41) is 20.7. The Morgan fingerprint density at radius 3 is 2.85 bits per heavy atom. The minimum absolute atomic E-state index is 0.187. The third-order valence-electron chi connectivity index (χ3n) is 1.57. The van der Waals surface area contributed by atoms with E-state index in [0.29, 0.717) is 11.5 Å². The van der Waals surface area contributed by atoms with Crippen LogP contribution in [0.3, 0.4) is 0 Å². The van der Waals surface area contributed by atoms with Crippen molar-refractivity contribution in [3.63, 3.8) is 0 Å². The van der Waals surface area contributed by atoms with Crippen molar-refractivity contribution in [2.75, 3.05) is 0 Å². The molecule has 2 rings (SSSR count). The molecule has 0 aliphatic rings. The first-order valence-corrected chi connectivity index (χ1v) is 3.82. The van der Waals surface area contributed by atoms with Gasteiger partial charge in [-0.15, -0.1) is 15.0 Å². The number of aryl methyl sites for hydroxylation is 1. The van der Waals surface area contributed by atoms with Gasteiger partial charge < -0.3 is 5.11 Å². The van der Waals surface area contributed by atoms with E-state index in [4.69, 9.17) is 0 Å². The molecule has 0 unspecified atom stereocenters. The zero-order chi connectivity index (χ0) is 9.26. The van der Waals surface area contributed by atoms with Gasteiger partial charge in [-0.1, -0.05) is 6.07 Å². The Balaban J connectivity index is 2.46. The first-order valence-electron chi connectivity index (χ1n) is 3.82. The van der Waals surface area contributed by atoms with Crippen LogP contribution in [0.2, 0.25) is 0 Å². The van der Waals surface area contributed by atoms with Crippen LogP contribution in [0.1, 0.15) is 5.82 Å². The summed E-state index contributed by atoms with van der Waals surface area (Å²) in [5.74, 6) is 0.788. The molecule has 0 atom stereocenters. The van der Waals surface area contributed by atoms with Gasteiger partial charge in [-0.3, -0.25) is 0 Å². The Hall–Kier alpha value is -1.91. The Kier molecular flexibility index (Phi) is 1.70. The molecule has 0 aliphatic heterocycles. The van der Waals surface area contributed by atoms with E-state index in [1.54, 1.807) is 31.2 Å². The number of benzene rings is 1. The van der Waals surface area contributed by atoms with Crippen LogP contribution in [0.4, 0.5) is 0 Å². The molecule has 0 bridgehead atoms. The quantitative estimate of drug-likeness (QED) is 0.693. The average molecular weight is 176 g/mol. The molecule has 2 aromatic rings. The summed E-state index contributed by atoms with van der Waals surface area (Å²) in [4.78, 5) is 1.37. The second-order valence-electron chi connectivity index (χ2n) is 2.65. The summed E-state index contributed by atoms with van der Waals surface area (Å²) in [6, 6.07) is 6.68. The van der Waals surface area contributed by atoms with Gasteiger partial charge in [0.2, 0.25) is 0 Å². The van der Waals surface area contributed by atoms with E-state index in [2.05, 4.69) is 15.4 Å². The minimum atomic E-state index is 0.187. The van der Waals surface area contributed by atoms with Crippen LogP contribution in [-0.2, 0) is 0 Å². The number of phenolic OH excluding ortho intramolecular Hbond substituents is 1. The lowest BCUT2D eigenvalue weighted by atomic mass is 10.3. The highest BCUT2D eigenvalue weighted by molar-refractivity contribution is 5.36. The summed E-state index contributed by atoms with van der Waals surface area (Å²) in [7, 11) is 0. The summed E-state index contributed by atoms with van der Waals surface area (Å²) in [6.45, 7) is 1.76. The second-order valence-corrected chi connectivity index (χ2v) is 2.65. The average Bonchev–Trinajstić information content (AvgIpc) is 2.52. The highest BCUT2D eigenvalue weighted by atomic mass is 16.3. The van der Waals surface area contributed by atoms with Crippen molar-refractivity contribution in [1.29, 1.82) is 0 Å². The zero-order valence-corrected chi connectivity index (χ0v) is 7.05. The maximum absolute atomic E-state index is 9.19. The van der Waals surface area contributed by atoms with Crippen molar-refractivity contribution in [3.05, 3.63) is 30.1 Å². The number of phenols is 1. The molecule has 1 heterocycles. The smallest absolute Gasteiger partial charge is 0.172 e. The van der Waals surface area contributed by atoms with E-state index in [1.807, 2.05) is 0 Å². The van der Waals surface area contributed by atoms with Crippen LogP contribution in [0.25, 0.3) is 5.69 Å². The van der Waals surface area contributed by atoms with Gasteiger partial charge in [-0.05, 0) is 24.3 Å². The number of nitrogens with zero attached hydrogens (tertiary/aromatic N) is 4. The van der Waals surface area contributed by atoms with Crippen molar-refractivity contribution in [2.45, 2.75) is 6.92 Å². The molecule has 0 saturated heterocycles. The minimum Gasteiger partial charge on any atom is -0.508 e. The van der Waals surface area contributed by atoms with Crippen molar-refractivity contribution < 1.29 is 5.11 Å². The van der Waals surface area contributed by atoms with Gasteiger partial charge in [-0.2, -0.15) is 0 Å². The molecule has 1 aromatic carbocycles. The Labute approximate surface area is 74.6 Å². The fraction of sp³-hybridized carbons (Fsp3) is 0.125. The largest absolute Gasteiger partial charge is 0.508 e. The molecule has 0 fully saturated rings. The van der Waals surface area contributed by atoms with E-state index < -0.39 is 0 Å². The monoisotopic (exact) mass is 176 g/mol. The van der Waals surface area contributed by atoms with Gasteiger partial charge >= 0.3 is 0 Å². The van der Waals surface area contributed by atoms with Crippen molar-refractivity contribution >= 4 is 0 Å². The van der Waals surface area contributed by atoms with E-state index in [-0.39, 0.29) is 5.75 Å². The summed E-state index contributed by atoms with van der Waals surface area (Å²) in [5.41, 5.74) is 0.695. The fourth-order valence-electron chi connectivity index (χ4n) is 1.01. The predicted molar refractivity (Wildman–Crippen MR) is 45.6 cm³/mol. The molecule has 0 radical (unpaired) electrons. The molecule has 0 saturated carbocycles. The number of hydrogen-bond donors (Lipinski definition) is 1. The van der Waals surface area contributed by atoms with Gasteiger partial charge in [-0.25, -0.2) is 0 Å². The molecule has 5 nitrogen and oxygen atoms in total. The lowest BCUT2D eigenvalue weighted by Crippen LogP contribution is -1.98. The lowest BCUT2D eigenvalue weighted by molar-refractivity contribution is 0.474. The predicted octanol–water partition coefficient (Wildman–Crippen LogP) is 0.676. The Morgan fingerprint density at radius 1 is 1.38 bits per heavy atom. The number of aromatic hydroxyl groups is 1. The van der Waals surface area contributed by atoms with Crippen molar-refractivity contribution in [1.82, 2.24) is 20.2 Å². The van der Waals surface area contributed by atoms with Crippen LogP contribution in [0.15, 0.2) is 24.3 Å². The molecule has 0 spiro atoms. The second kappa shape index (κ2) is 2.85. The number of hydrogen-bond acceptors (Lipinski definition) is 4. The topological polar surface area (TPSA) is 63.8 Å². The van der Waals surface area contributed by atoms with Gasteiger partial charge in [0.25, 0.3) is 0 Å². The van der Waals surface area contributed by atoms with Crippen LogP contribution < -0.4 is 0 Å². The van der Waals surface area contributed by atoms with E-state index >= 15 is 0 Å². The standard InChI is InChI=1S/C8H8N4O/c1-6-9-11-12(10-6)7-3-2-4-8(13)5-7/h2-5,13H,1H3. The fourth-order valence-corrected chi connectivity index (χ4v) is 1.01. The van der Waals surface area contributed by atoms with Crippen LogP contribution in [-0.4, -0.2) is 25.3 Å². The first-order chi connectivity index (χ1) is 6.25. The first kappa shape index (κ1) is 7.72. The normalized spacial score (nSPS) is 10.2. The van der Waals surface area contributed by atoms with E-state index in [9.17, 15) is 5.11 Å². The van der Waals surface area contributed by atoms with Gasteiger partial charge in [0.15, 0.2) is 5.82 Å². The molecule has 1 N–H and O–H groups in total. The summed E-state index contributed by atoms with van der Waals surface area (Å²) < 4.78 is 0. The third-order valence-corrected chi connectivity index (χ3v) is 1.57. The lowest BCUT2D eigenvalue weighted by Gasteiger charge is -1.97. The number of aromatic nitrogens is 4. The SMILES string of the molecule is Cc1nnn(-c2cccc(O)c2)n1. The maximum Gasteiger partial charge on any atom is 0.172 e. The van der Waals surface area contributed by atoms with Crippen molar-refractivity contribution in [2.24, 2.45) is 0 Å². The third kappa shape index (κ3) is 1.48. The van der Waals surface area contributed by atoms with E-state index in [0.717, 1.165) is 0 Å².